The summed E-state index contributed by atoms with van der Waals surface area (Å²) in [7, 11) is 1.25. The van der Waals surface area contributed by atoms with E-state index in [4.69, 9.17) is 11.6 Å². The van der Waals surface area contributed by atoms with Gasteiger partial charge in [-0.15, -0.1) is 11.6 Å². The first-order valence-corrected chi connectivity index (χ1v) is 13.8. The molecule has 0 aromatic heterocycles. The number of carbonyl (C=O) groups excluding carboxylic acids is 2. The first-order valence-electron chi connectivity index (χ1n) is 13.3. The Bertz CT molecular complexity index is 841. The van der Waals surface area contributed by atoms with Gasteiger partial charge in [-0.05, 0) is 50.5 Å². The molecule has 0 bridgehead atoms. The van der Waals surface area contributed by atoms with Crippen LogP contribution in [0.1, 0.15) is 51.9 Å². The lowest BCUT2D eigenvalue weighted by Crippen LogP contribution is -2.72. The fourth-order valence-corrected chi connectivity index (χ4v) is 7.80. The van der Waals surface area contributed by atoms with Crippen LogP contribution in [0.4, 0.5) is 13.2 Å². The zero-order valence-electron chi connectivity index (χ0n) is 20.9. The number of alkyl halides is 4. The quantitative estimate of drug-likeness (QED) is 0.377. The van der Waals surface area contributed by atoms with Crippen LogP contribution in [-0.2, 0) is 9.59 Å². The summed E-state index contributed by atoms with van der Waals surface area (Å²) in [4.78, 5) is 27.7. The molecule has 5 fully saturated rings. The molecule has 0 aromatic rings. The largest absolute Gasteiger partial charge is 0.409 e. The molecule has 204 valence electrons. The lowest BCUT2D eigenvalue weighted by atomic mass is 9.77. The van der Waals surface area contributed by atoms with Gasteiger partial charge in [-0.2, -0.15) is 13.2 Å². The minimum Gasteiger partial charge on any atom is -0.355 e. The minimum atomic E-state index is -4.51. The van der Waals surface area contributed by atoms with E-state index in [9.17, 15) is 22.8 Å². The van der Waals surface area contributed by atoms with Crippen LogP contribution in [0.15, 0.2) is 0 Å². The van der Waals surface area contributed by atoms with Gasteiger partial charge in [0.05, 0.1) is 17.6 Å². The summed E-state index contributed by atoms with van der Waals surface area (Å²) in [5.41, 5.74) is 3.33. The maximum absolute atomic E-state index is 14.2. The first kappa shape index (κ1) is 26.5. The van der Waals surface area contributed by atoms with Gasteiger partial charge in [0.15, 0.2) is 0 Å². The summed E-state index contributed by atoms with van der Waals surface area (Å²) in [6.07, 6.45) is -0.191. The van der Waals surface area contributed by atoms with Gasteiger partial charge < -0.3 is 10.2 Å². The lowest BCUT2D eigenvalue weighted by Gasteiger charge is -2.55. The predicted molar refractivity (Wildman–Crippen MR) is 129 cm³/mol. The Morgan fingerprint density at radius 3 is 2.53 bits per heavy atom. The fourth-order valence-electron chi connectivity index (χ4n) is 7.52. The minimum absolute atomic E-state index is 0.0400. The molecule has 4 unspecified atom stereocenters. The monoisotopic (exact) mass is 534 g/mol. The van der Waals surface area contributed by atoms with Gasteiger partial charge in [0.1, 0.15) is 6.04 Å². The Balaban J connectivity index is 1.24. The third-order valence-electron chi connectivity index (χ3n) is 9.27. The number of nitrogens with one attached hydrogen (secondary N) is 3. The van der Waals surface area contributed by atoms with E-state index in [1.165, 1.54) is 7.05 Å². The number of amides is 2. The number of hydrogen-bond acceptors (Lipinski definition) is 6. The van der Waals surface area contributed by atoms with Gasteiger partial charge in [-0.3, -0.25) is 19.8 Å². The number of halogens is 4. The molecule has 8 nitrogen and oxygen atoms in total. The van der Waals surface area contributed by atoms with Gasteiger partial charge in [-0.25, -0.2) is 10.4 Å². The summed E-state index contributed by atoms with van der Waals surface area (Å²) < 4.78 is 42.7. The average Bonchev–Trinajstić information content (AvgIpc) is 3.43. The molecule has 3 N–H and O–H groups in total. The van der Waals surface area contributed by atoms with E-state index >= 15 is 0 Å². The molecule has 4 saturated heterocycles. The summed E-state index contributed by atoms with van der Waals surface area (Å²) in [6.45, 7) is 4.20. The average molecular weight is 535 g/mol. The Hall–Kier alpha value is -1.14. The smallest absolute Gasteiger partial charge is 0.355 e. The summed E-state index contributed by atoms with van der Waals surface area (Å²) in [6, 6.07) is -0.972. The standard InChI is InChI=1S/C24H38ClF3N6O2/c1-13-7-8-33(17-12-29-19-10-18(25)31-34(19)21(13)17)16-5-3-14(4-6-16)22(24(26,27)28)32(2)23(36)15-9-20(35)30-11-15/h13-19,21-22,29,31H,3-12H2,1-2H3,(H,30,35)/t13-,14?,15-,16?,17?,18?,19?,21?,22+/m1/s1. The van der Waals surface area contributed by atoms with Crippen molar-refractivity contribution >= 4 is 23.4 Å². The molecule has 4 aliphatic heterocycles. The Kier molecular flexibility index (Phi) is 7.50. The van der Waals surface area contributed by atoms with E-state index in [0.717, 1.165) is 30.8 Å². The Morgan fingerprint density at radius 1 is 1.17 bits per heavy atom. The summed E-state index contributed by atoms with van der Waals surface area (Å²) in [5.74, 6) is -1.72. The highest BCUT2D eigenvalue weighted by atomic mass is 35.5. The third-order valence-corrected chi connectivity index (χ3v) is 9.54. The van der Waals surface area contributed by atoms with Crippen molar-refractivity contribution in [2.24, 2.45) is 17.8 Å². The van der Waals surface area contributed by atoms with Gasteiger partial charge >= 0.3 is 6.18 Å². The predicted octanol–water partition coefficient (Wildman–Crippen LogP) is 1.85. The SMILES string of the molecule is C[C@@H]1CCN(C2CCC([C@H](N(C)C(=O)[C@H]3CNC(=O)C3)C(F)(F)F)CC2)C2CNC3CC(Cl)NN3C21. The van der Waals surface area contributed by atoms with Crippen LogP contribution in [0.2, 0.25) is 0 Å². The highest BCUT2D eigenvalue weighted by Gasteiger charge is 2.53. The second-order valence-electron chi connectivity index (χ2n) is 11.4. The second kappa shape index (κ2) is 10.2. The number of hydrazine groups is 1. The van der Waals surface area contributed by atoms with Crippen molar-refractivity contribution in [3.05, 3.63) is 0 Å². The van der Waals surface area contributed by atoms with Crippen LogP contribution in [0.25, 0.3) is 0 Å². The number of rotatable bonds is 4. The molecular weight excluding hydrogens is 497 g/mol. The maximum Gasteiger partial charge on any atom is 0.409 e. The topological polar surface area (TPSA) is 79.9 Å². The highest BCUT2D eigenvalue weighted by Crippen LogP contribution is 2.42. The molecule has 2 amide bonds. The van der Waals surface area contributed by atoms with E-state index in [0.29, 0.717) is 37.6 Å². The van der Waals surface area contributed by atoms with Crippen molar-refractivity contribution in [1.82, 2.24) is 30.9 Å². The maximum atomic E-state index is 14.2. The van der Waals surface area contributed by atoms with Crippen LogP contribution in [-0.4, -0.2) is 95.3 Å². The molecule has 0 spiro atoms. The molecule has 5 aliphatic rings. The van der Waals surface area contributed by atoms with Gasteiger partial charge in [0.25, 0.3) is 0 Å². The van der Waals surface area contributed by atoms with E-state index in [1.54, 1.807) is 0 Å². The molecule has 0 radical (unpaired) electrons. The molecule has 36 heavy (non-hydrogen) atoms. The van der Waals surface area contributed by atoms with Crippen molar-refractivity contribution < 1.29 is 22.8 Å². The second-order valence-corrected chi connectivity index (χ2v) is 12.0. The molecular formula is C24H38ClF3N6O2. The molecule has 4 heterocycles. The molecule has 0 aromatic carbocycles. The fraction of sp³-hybridized carbons (Fsp3) is 0.917. The van der Waals surface area contributed by atoms with Crippen molar-refractivity contribution in [2.45, 2.75) is 93.9 Å². The van der Waals surface area contributed by atoms with E-state index in [-0.39, 0.29) is 42.6 Å². The van der Waals surface area contributed by atoms with Crippen LogP contribution >= 0.6 is 11.6 Å². The lowest BCUT2D eigenvalue weighted by molar-refractivity contribution is -0.203. The molecule has 1 saturated carbocycles. The van der Waals surface area contributed by atoms with Crippen LogP contribution in [0.3, 0.4) is 0 Å². The normalized spacial score (nSPS) is 40.9. The molecule has 1 aliphatic carbocycles. The van der Waals surface area contributed by atoms with E-state index < -0.39 is 30.0 Å². The number of carbonyl (C=O) groups is 2. The molecule has 5 rings (SSSR count). The van der Waals surface area contributed by atoms with Gasteiger partial charge in [-0.1, -0.05) is 6.92 Å². The number of likely N-dealkylation sites (tertiary alicyclic amines) is 1. The summed E-state index contributed by atoms with van der Waals surface area (Å²) in [5, 5.41) is 8.46. The van der Waals surface area contributed by atoms with Gasteiger partial charge in [0, 0.05) is 51.1 Å². The van der Waals surface area contributed by atoms with Crippen molar-refractivity contribution in [3.63, 3.8) is 0 Å². The third kappa shape index (κ3) is 4.98. The van der Waals surface area contributed by atoms with Crippen molar-refractivity contribution in [3.8, 4) is 0 Å². The number of hydrogen-bond donors (Lipinski definition) is 3. The molecule has 7 atom stereocenters. The first-order chi connectivity index (χ1) is 17.0. The van der Waals surface area contributed by atoms with Crippen molar-refractivity contribution in [1.29, 1.82) is 0 Å². The number of piperidine rings is 1. The van der Waals surface area contributed by atoms with Crippen molar-refractivity contribution in [2.75, 3.05) is 26.7 Å². The van der Waals surface area contributed by atoms with Crippen LogP contribution < -0.4 is 16.1 Å². The van der Waals surface area contributed by atoms with Crippen LogP contribution in [0.5, 0.6) is 0 Å². The zero-order valence-corrected chi connectivity index (χ0v) is 21.7. The molecule has 12 heteroatoms. The Morgan fingerprint density at radius 2 is 1.89 bits per heavy atom. The van der Waals surface area contributed by atoms with E-state index in [1.807, 2.05) is 0 Å². The Labute approximate surface area is 215 Å². The number of nitrogens with zero attached hydrogens (tertiary/aromatic N) is 3. The van der Waals surface area contributed by atoms with E-state index in [2.05, 4.69) is 32.9 Å². The van der Waals surface area contributed by atoms with Crippen LogP contribution in [0, 0.1) is 17.8 Å². The number of fused-ring (bicyclic) bond motifs is 3. The summed E-state index contributed by atoms with van der Waals surface area (Å²) >= 11 is 6.38. The highest BCUT2D eigenvalue weighted by molar-refractivity contribution is 6.20. The zero-order chi connectivity index (χ0) is 25.8. The van der Waals surface area contributed by atoms with Gasteiger partial charge in [0.2, 0.25) is 11.8 Å².